The molecule has 0 bridgehead atoms. The van der Waals surface area contributed by atoms with Gasteiger partial charge < -0.3 is 15.4 Å². The van der Waals surface area contributed by atoms with E-state index in [4.69, 9.17) is 4.74 Å². The number of ether oxygens (including phenoxy) is 1. The average molecular weight is 300 g/mol. The van der Waals surface area contributed by atoms with Crippen LogP contribution in [0.2, 0.25) is 0 Å². The van der Waals surface area contributed by atoms with E-state index in [2.05, 4.69) is 45.3 Å². The first-order valence-corrected chi connectivity index (χ1v) is 8.22. The Morgan fingerprint density at radius 2 is 1.71 bits per heavy atom. The molecule has 0 aliphatic rings. The fourth-order valence-corrected chi connectivity index (χ4v) is 2.04. The number of rotatable bonds is 8. The Morgan fingerprint density at radius 3 is 2.14 bits per heavy atom. The summed E-state index contributed by atoms with van der Waals surface area (Å²) >= 11 is 0. The first kappa shape index (κ1) is 20.2. The molecule has 4 heteroatoms. The van der Waals surface area contributed by atoms with Crippen molar-refractivity contribution in [1.29, 1.82) is 0 Å². The van der Waals surface area contributed by atoms with Crippen molar-refractivity contribution in [1.82, 2.24) is 10.6 Å². The summed E-state index contributed by atoms with van der Waals surface area (Å²) < 4.78 is 5.30. The van der Waals surface area contributed by atoms with Gasteiger partial charge in [-0.1, -0.05) is 34.1 Å². The van der Waals surface area contributed by atoms with Crippen LogP contribution in [0.5, 0.6) is 0 Å². The monoisotopic (exact) mass is 300 g/mol. The van der Waals surface area contributed by atoms with Gasteiger partial charge in [0, 0.05) is 12.1 Å². The zero-order valence-corrected chi connectivity index (χ0v) is 15.3. The molecule has 4 nitrogen and oxygen atoms in total. The number of hydrogen-bond donors (Lipinski definition) is 2. The number of amides is 1. The minimum absolute atomic E-state index is 0.126. The number of alkyl carbamates (subject to hydrolysis) is 1. The van der Waals surface area contributed by atoms with Gasteiger partial charge in [-0.2, -0.15) is 0 Å². The highest BCUT2D eigenvalue weighted by Gasteiger charge is 2.29. The van der Waals surface area contributed by atoms with Gasteiger partial charge in [-0.15, -0.1) is 0 Å². The second-order valence-corrected chi connectivity index (χ2v) is 7.70. The van der Waals surface area contributed by atoms with Gasteiger partial charge in [0.15, 0.2) is 0 Å². The summed E-state index contributed by atoms with van der Waals surface area (Å²) in [6, 6.07) is 0. The van der Waals surface area contributed by atoms with Crippen LogP contribution in [0.15, 0.2) is 0 Å². The molecule has 0 aromatic carbocycles. The van der Waals surface area contributed by atoms with Crippen LogP contribution in [0, 0.1) is 11.8 Å². The van der Waals surface area contributed by atoms with Crippen LogP contribution in [0.1, 0.15) is 68.2 Å². The molecule has 0 fully saturated rings. The first-order chi connectivity index (χ1) is 9.50. The molecule has 0 rings (SSSR count). The molecule has 21 heavy (non-hydrogen) atoms. The molecule has 2 atom stereocenters. The Labute approximate surface area is 131 Å². The molecule has 0 saturated heterocycles. The lowest BCUT2D eigenvalue weighted by Crippen LogP contribution is -2.56. The molecule has 126 valence electrons. The predicted molar refractivity (Wildman–Crippen MR) is 89.6 cm³/mol. The van der Waals surface area contributed by atoms with Crippen LogP contribution >= 0.6 is 0 Å². The highest BCUT2D eigenvalue weighted by molar-refractivity contribution is 5.67. The van der Waals surface area contributed by atoms with Crippen molar-refractivity contribution < 1.29 is 9.53 Å². The molecule has 0 aliphatic carbocycles. The van der Waals surface area contributed by atoms with Gasteiger partial charge in [0.25, 0.3) is 0 Å². The maximum atomic E-state index is 11.8. The lowest BCUT2D eigenvalue weighted by Gasteiger charge is -2.36. The summed E-state index contributed by atoms with van der Waals surface area (Å²) in [5, 5.41) is 6.52. The van der Waals surface area contributed by atoms with Crippen molar-refractivity contribution in [2.45, 2.75) is 79.4 Å². The molecule has 0 aliphatic heterocycles. The van der Waals surface area contributed by atoms with Crippen molar-refractivity contribution >= 4 is 6.09 Å². The highest BCUT2D eigenvalue weighted by atomic mass is 16.6. The van der Waals surface area contributed by atoms with Gasteiger partial charge in [-0.05, 0) is 52.5 Å². The Kier molecular flexibility index (Phi) is 8.30. The number of hydrogen-bond acceptors (Lipinski definition) is 3. The number of carbonyl (C=O) groups is 1. The normalized spacial score (nSPS) is 16.4. The number of nitrogens with one attached hydrogen (secondary N) is 2. The minimum atomic E-state index is -0.457. The molecule has 0 heterocycles. The lowest BCUT2D eigenvalue weighted by molar-refractivity contribution is 0.0502. The maximum Gasteiger partial charge on any atom is 0.407 e. The van der Waals surface area contributed by atoms with E-state index in [1.54, 1.807) is 0 Å². The van der Waals surface area contributed by atoms with Gasteiger partial charge in [-0.25, -0.2) is 4.79 Å². The Morgan fingerprint density at radius 1 is 1.14 bits per heavy atom. The van der Waals surface area contributed by atoms with Crippen LogP contribution in [0.25, 0.3) is 0 Å². The van der Waals surface area contributed by atoms with Crippen molar-refractivity contribution in [2.24, 2.45) is 11.8 Å². The Bertz CT molecular complexity index is 310. The van der Waals surface area contributed by atoms with Crippen LogP contribution < -0.4 is 10.6 Å². The second-order valence-electron chi connectivity index (χ2n) is 7.70. The second kappa shape index (κ2) is 8.62. The zero-order valence-electron chi connectivity index (χ0n) is 15.3. The zero-order chi connectivity index (χ0) is 16.7. The van der Waals surface area contributed by atoms with E-state index < -0.39 is 5.60 Å². The van der Waals surface area contributed by atoms with Gasteiger partial charge in [0.05, 0.1) is 0 Å². The van der Waals surface area contributed by atoms with Crippen molar-refractivity contribution in [3.8, 4) is 0 Å². The summed E-state index contributed by atoms with van der Waals surface area (Å²) in [7, 11) is 0. The van der Waals surface area contributed by atoms with Gasteiger partial charge >= 0.3 is 6.09 Å². The van der Waals surface area contributed by atoms with Crippen molar-refractivity contribution in [3.05, 3.63) is 0 Å². The molecule has 0 radical (unpaired) electrons. The average Bonchev–Trinajstić information content (AvgIpc) is 2.32. The van der Waals surface area contributed by atoms with Gasteiger partial charge in [0.2, 0.25) is 0 Å². The fourth-order valence-electron chi connectivity index (χ4n) is 2.04. The lowest BCUT2D eigenvalue weighted by atomic mass is 9.87. The predicted octanol–water partition coefficient (Wildman–Crippen LogP) is 3.95. The molecule has 1 amide bonds. The van der Waals surface area contributed by atoms with E-state index in [1.165, 1.54) is 12.8 Å². The van der Waals surface area contributed by atoms with Crippen molar-refractivity contribution in [3.63, 3.8) is 0 Å². The topological polar surface area (TPSA) is 50.4 Å². The molecule has 2 N–H and O–H groups in total. The Hall–Kier alpha value is -0.770. The van der Waals surface area contributed by atoms with Crippen LogP contribution in [0.4, 0.5) is 4.79 Å². The molecule has 2 unspecified atom stereocenters. The summed E-state index contributed by atoms with van der Waals surface area (Å²) in [4.78, 5) is 11.8. The minimum Gasteiger partial charge on any atom is -0.444 e. The van der Waals surface area contributed by atoms with Crippen molar-refractivity contribution in [2.75, 3.05) is 13.1 Å². The molecular weight excluding hydrogens is 264 g/mol. The van der Waals surface area contributed by atoms with E-state index in [1.807, 2.05) is 20.8 Å². The van der Waals surface area contributed by atoms with E-state index >= 15 is 0 Å². The quantitative estimate of drug-likeness (QED) is 0.713. The standard InChI is InChI=1S/C17H36N2O2/c1-9-10-14(4)11-19-17(8,13(2)3)12-18-15(20)21-16(5,6)7/h13-14,19H,9-12H2,1-8H3,(H,18,20). The SMILES string of the molecule is CCCC(C)CNC(C)(CNC(=O)OC(C)(C)C)C(C)C. The molecule has 0 spiro atoms. The third kappa shape index (κ3) is 8.97. The van der Waals surface area contributed by atoms with Crippen LogP contribution in [0.3, 0.4) is 0 Å². The largest absolute Gasteiger partial charge is 0.444 e. The summed E-state index contributed by atoms with van der Waals surface area (Å²) in [6.45, 7) is 18.1. The molecule has 0 aromatic rings. The van der Waals surface area contributed by atoms with Gasteiger partial charge in [-0.3, -0.25) is 0 Å². The fraction of sp³-hybridized carbons (Fsp3) is 0.941. The third-order valence-corrected chi connectivity index (χ3v) is 3.91. The Balaban J connectivity index is 4.43. The van der Waals surface area contributed by atoms with E-state index in [-0.39, 0.29) is 11.6 Å². The summed E-state index contributed by atoms with van der Waals surface area (Å²) in [6.07, 6.45) is 2.08. The highest BCUT2D eigenvalue weighted by Crippen LogP contribution is 2.17. The van der Waals surface area contributed by atoms with Gasteiger partial charge in [0.1, 0.15) is 5.60 Å². The van der Waals surface area contributed by atoms with E-state index in [0.717, 1.165) is 6.54 Å². The van der Waals surface area contributed by atoms with Crippen LogP contribution in [-0.2, 0) is 4.74 Å². The van der Waals surface area contributed by atoms with E-state index in [9.17, 15) is 4.79 Å². The summed E-state index contributed by atoms with van der Waals surface area (Å²) in [5.41, 5.74) is -0.583. The smallest absolute Gasteiger partial charge is 0.407 e. The summed E-state index contributed by atoms with van der Waals surface area (Å²) in [5.74, 6) is 1.07. The van der Waals surface area contributed by atoms with E-state index in [0.29, 0.717) is 18.4 Å². The molecular formula is C17H36N2O2. The number of carbonyl (C=O) groups excluding carboxylic acids is 1. The van der Waals surface area contributed by atoms with Crippen LogP contribution in [-0.4, -0.2) is 30.3 Å². The third-order valence-electron chi connectivity index (χ3n) is 3.91. The molecule has 0 saturated carbocycles. The first-order valence-electron chi connectivity index (χ1n) is 8.22. The maximum absolute atomic E-state index is 11.8. The molecule has 0 aromatic heterocycles.